The molecule has 5 nitrogen and oxygen atoms in total. The number of carbonyl (C=O) groups is 1. The molecule has 6 heteroatoms. The topological polar surface area (TPSA) is 81.2 Å². The number of nitrogens with one attached hydrogen (secondary N) is 1. The lowest BCUT2D eigenvalue weighted by molar-refractivity contribution is 0.0944. The number of hydrogen-bond donors (Lipinski definition) is 2. The first-order valence-corrected chi connectivity index (χ1v) is 6.47. The highest BCUT2D eigenvalue weighted by Crippen LogP contribution is 2.15. The Morgan fingerprint density at radius 1 is 1.62 bits per heavy atom. The van der Waals surface area contributed by atoms with Gasteiger partial charge in [-0.2, -0.15) is 11.8 Å². The summed E-state index contributed by atoms with van der Waals surface area (Å²) in [5, 5.41) is 3.62. The number of thioether (sulfide) groups is 1. The fraction of sp³-hybridized carbons (Fsp3) is 0.600. The fourth-order valence-electron chi connectivity index (χ4n) is 1.19. The molecule has 90 valence electrons. The summed E-state index contributed by atoms with van der Waals surface area (Å²) in [7, 11) is 0. The first-order valence-electron chi connectivity index (χ1n) is 5.32. The van der Waals surface area contributed by atoms with E-state index in [1.54, 1.807) is 17.8 Å². The van der Waals surface area contributed by atoms with E-state index in [4.69, 9.17) is 10.4 Å². The van der Waals surface area contributed by atoms with Crippen molar-refractivity contribution in [3.63, 3.8) is 0 Å². The second kappa shape index (κ2) is 7.29. The highest BCUT2D eigenvalue weighted by molar-refractivity contribution is 7.98. The Kier molecular flexibility index (Phi) is 5.95. The molecule has 1 aromatic rings. The summed E-state index contributed by atoms with van der Waals surface area (Å²) in [6.07, 6.45) is 3.69. The lowest BCUT2D eigenvalue weighted by atomic mass is 10.3. The standard InChI is InChI=1S/C10H17N3O2S/c1-2-3-4-5-16-7-8-6-9(13-15-8)10(14)12-11/h6H,2-5,7,11H2,1H3,(H,12,14). The van der Waals surface area contributed by atoms with E-state index in [9.17, 15) is 4.79 Å². The Balaban J connectivity index is 2.27. The van der Waals surface area contributed by atoms with Crippen LogP contribution in [0.4, 0.5) is 0 Å². The van der Waals surface area contributed by atoms with E-state index in [1.165, 1.54) is 19.3 Å². The first-order chi connectivity index (χ1) is 7.77. The largest absolute Gasteiger partial charge is 0.360 e. The zero-order chi connectivity index (χ0) is 11.8. The van der Waals surface area contributed by atoms with E-state index in [0.717, 1.165) is 11.5 Å². The predicted octanol–water partition coefficient (Wildman–Crippen LogP) is 1.70. The number of hydrogen-bond acceptors (Lipinski definition) is 5. The van der Waals surface area contributed by atoms with Gasteiger partial charge in [-0.15, -0.1) is 0 Å². The van der Waals surface area contributed by atoms with Gasteiger partial charge in [-0.05, 0) is 12.2 Å². The summed E-state index contributed by atoms with van der Waals surface area (Å²) in [5.41, 5.74) is 2.24. The fourth-order valence-corrected chi connectivity index (χ4v) is 2.08. The molecule has 0 spiro atoms. The van der Waals surface area contributed by atoms with Crippen molar-refractivity contribution in [2.24, 2.45) is 5.84 Å². The highest BCUT2D eigenvalue weighted by atomic mass is 32.2. The molecule has 3 N–H and O–H groups in total. The first kappa shape index (κ1) is 13.1. The second-order valence-electron chi connectivity index (χ2n) is 3.41. The Bertz CT molecular complexity index is 328. The van der Waals surface area contributed by atoms with Crippen LogP contribution in [0.5, 0.6) is 0 Å². The van der Waals surface area contributed by atoms with Crippen molar-refractivity contribution in [1.82, 2.24) is 10.6 Å². The number of unbranched alkanes of at least 4 members (excludes halogenated alkanes) is 2. The summed E-state index contributed by atoms with van der Waals surface area (Å²) in [5.74, 6) is 7.11. The van der Waals surface area contributed by atoms with Crippen LogP contribution in [0.1, 0.15) is 42.4 Å². The van der Waals surface area contributed by atoms with E-state index in [2.05, 4.69) is 12.1 Å². The third kappa shape index (κ3) is 4.24. The van der Waals surface area contributed by atoms with E-state index < -0.39 is 5.91 Å². The maximum Gasteiger partial charge on any atom is 0.287 e. The SMILES string of the molecule is CCCCCSCc1cc(C(=O)NN)no1. The van der Waals surface area contributed by atoms with Crippen LogP contribution >= 0.6 is 11.8 Å². The molecule has 0 fully saturated rings. The summed E-state index contributed by atoms with van der Waals surface area (Å²) in [4.78, 5) is 11.1. The maximum atomic E-state index is 11.1. The molecule has 1 amide bonds. The Labute approximate surface area is 99.1 Å². The van der Waals surface area contributed by atoms with Crippen molar-refractivity contribution in [1.29, 1.82) is 0 Å². The van der Waals surface area contributed by atoms with E-state index in [1.807, 2.05) is 5.43 Å². The number of amides is 1. The van der Waals surface area contributed by atoms with Gasteiger partial charge in [-0.3, -0.25) is 10.2 Å². The number of nitrogens with zero attached hydrogens (tertiary/aromatic N) is 1. The van der Waals surface area contributed by atoms with Crippen molar-refractivity contribution in [3.8, 4) is 0 Å². The third-order valence-corrected chi connectivity index (χ3v) is 3.13. The van der Waals surface area contributed by atoms with Gasteiger partial charge in [0.15, 0.2) is 5.69 Å². The summed E-state index contributed by atoms with van der Waals surface area (Å²) in [6.45, 7) is 2.18. The number of hydrazine groups is 1. The van der Waals surface area contributed by atoms with Gasteiger partial charge in [0.2, 0.25) is 0 Å². The van der Waals surface area contributed by atoms with Crippen LogP contribution in [0.15, 0.2) is 10.6 Å². The van der Waals surface area contributed by atoms with E-state index in [-0.39, 0.29) is 5.69 Å². The molecule has 16 heavy (non-hydrogen) atoms. The zero-order valence-electron chi connectivity index (χ0n) is 9.36. The Morgan fingerprint density at radius 2 is 2.44 bits per heavy atom. The number of rotatable bonds is 7. The van der Waals surface area contributed by atoms with Crippen LogP contribution in [-0.2, 0) is 5.75 Å². The molecule has 0 saturated heterocycles. The van der Waals surface area contributed by atoms with Gasteiger partial charge < -0.3 is 4.52 Å². The number of carbonyl (C=O) groups excluding carboxylic acids is 1. The predicted molar refractivity (Wildman–Crippen MR) is 63.8 cm³/mol. The van der Waals surface area contributed by atoms with E-state index in [0.29, 0.717) is 5.76 Å². The lowest BCUT2D eigenvalue weighted by Gasteiger charge is -1.96. The Hall–Kier alpha value is -1.01. The van der Waals surface area contributed by atoms with Gasteiger partial charge in [-0.25, -0.2) is 5.84 Å². The number of aromatic nitrogens is 1. The summed E-state index contributed by atoms with van der Waals surface area (Å²) in [6, 6.07) is 1.62. The molecule has 1 heterocycles. The third-order valence-electron chi connectivity index (χ3n) is 2.06. The second-order valence-corrected chi connectivity index (χ2v) is 4.52. The van der Waals surface area contributed by atoms with Gasteiger partial charge in [0.25, 0.3) is 5.91 Å². The van der Waals surface area contributed by atoms with E-state index >= 15 is 0 Å². The smallest absolute Gasteiger partial charge is 0.287 e. The van der Waals surface area contributed by atoms with Crippen LogP contribution in [0.3, 0.4) is 0 Å². The molecule has 0 aliphatic rings. The minimum absolute atomic E-state index is 0.228. The molecule has 0 atom stereocenters. The van der Waals surface area contributed by atoms with Crippen molar-refractivity contribution in [2.75, 3.05) is 5.75 Å². The average molecular weight is 243 g/mol. The molecule has 0 aliphatic carbocycles. The molecule has 1 aromatic heterocycles. The molecule has 0 saturated carbocycles. The normalized spacial score (nSPS) is 10.4. The number of nitrogen functional groups attached to an aromatic ring is 1. The van der Waals surface area contributed by atoms with Crippen LogP contribution < -0.4 is 11.3 Å². The molecular formula is C10H17N3O2S. The molecule has 0 unspecified atom stereocenters. The minimum atomic E-state index is -0.425. The van der Waals surface area contributed by atoms with Crippen molar-refractivity contribution in [3.05, 3.63) is 17.5 Å². The molecule has 0 bridgehead atoms. The lowest BCUT2D eigenvalue weighted by Crippen LogP contribution is -2.30. The molecular weight excluding hydrogens is 226 g/mol. The van der Waals surface area contributed by atoms with Gasteiger partial charge in [0.05, 0.1) is 5.75 Å². The molecule has 0 aromatic carbocycles. The van der Waals surface area contributed by atoms with Gasteiger partial charge in [-0.1, -0.05) is 24.9 Å². The monoisotopic (exact) mass is 243 g/mol. The van der Waals surface area contributed by atoms with Crippen LogP contribution in [0.2, 0.25) is 0 Å². The number of nitrogens with two attached hydrogens (primary N) is 1. The van der Waals surface area contributed by atoms with Crippen molar-refractivity contribution < 1.29 is 9.32 Å². The van der Waals surface area contributed by atoms with Crippen LogP contribution in [0, 0.1) is 0 Å². The molecule has 0 radical (unpaired) electrons. The van der Waals surface area contributed by atoms with Crippen LogP contribution in [0.25, 0.3) is 0 Å². The molecule has 1 rings (SSSR count). The van der Waals surface area contributed by atoms with Crippen molar-refractivity contribution in [2.45, 2.75) is 31.9 Å². The molecule has 0 aliphatic heterocycles. The van der Waals surface area contributed by atoms with Crippen molar-refractivity contribution >= 4 is 17.7 Å². The average Bonchev–Trinajstić information content (AvgIpc) is 2.76. The maximum absolute atomic E-state index is 11.1. The van der Waals surface area contributed by atoms with Gasteiger partial charge in [0, 0.05) is 6.07 Å². The minimum Gasteiger partial charge on any atom is -0.360 e. The van der Waals surface area contributed by atoms with Crippen LogP contribution in [-0.4, -0.2) is 16.8 Å². The highest BCUT2D eigenvalue weighted by Gasteiger charge is 2.10. The summed E-state index contributed by atoms with van der Waals surface area (Å²) < 4.78 is 5.01. The quantitative estimate of drug-likeness (QED) is 0.330. The van der Waals surface area contributed by atoms with Gasteiger partial charge in [0.1, 0.15) is 5.76 Å². The Morgan fingerprint density at radius 3 is 3.12 bits per heavy atom. The van der Waals surface area contributed by atoms with Gasteiger partial charge >= 0.3 is 0 Å². The zero-order valence-corrected chi connectivity index (χ0v) is 10.2. The summed E-state index contributed by atoms with van der Waals surface area (Å²) >= 11 is 1.78.